The first-order valence-corrected chi connectivity index (χ1v) is 7.14. The molecule has 0 aliphatic heterocycles. The quantitative estimate of drug-likeness (QED) is 0.745. The molecule has 0 aliphatic rings. The van der Waals surface area contributed by atoms with Crippen molar-refractivity contribution in [1.82, 2.24) is 0 Å². The molecule has 0 aromatic heterocycles. The monoisotopic (exact) mass is 389 g/mol. The second kappa shape index (κ2) is 5.95. The molecule has 5 heteroatoms. The van der Waals surface area contributed by atoms with Crippen molar-refractivity contribution in [2.75, 3.05) is 5.73 Å². The number of nitrogens with two attached hydrogens (primary N) is 1. The summed E-state index contributed by atoms with van der Waals surface area (Å²) in [6, 6.07) is 11.1. The first-order valence-electron chi connectivity index (χ1n) is 5.18. The Hall–Kier alpha value is -0.710. The maximum Gasteiger partial charge on any atom is 0.134 e. The fourth-order valence-electron chi connectivity index (χ4n) is 1.45. The van der Waals surface area contributed by atoms with Crippen LogP contribution in [0.4, 0.5) is 5.69 Å². The summed E-state index contributed by atoms with van der Waals surface area (Å²) in [6.07, 6.45) is 0. The van der Waals surface area contributed by atoms with Gasteiger partial charge in [0.05, 0.1) is 4.47 Å². The van der Waals surface area contributed by atoms with Gasteiger partial charge in [-0.15, -0.1) is 0 Å². The van der Waals surface area contributed by atoms with Crippen molar-refractivity contribution < 1.29 is 4.74 Å². The molecule has 2 rings (SSSR count). The van der Waals surface area contributed by atoms with Crippen LogP contribution in [0.1, 0.15) is 5.56 Å². The Morgan fingerprint density at radius 3 is 2.56 bits per heavy atom. The van der Waals surface area contributed by atoms with Crippen LogP contribution < -0.4 is 10.5 Å². The van der Waals surface area contributed by atoms with E-state index in [1.807, 2.05) is 24.3 Å². The summed E-state index contributed by atoms with van der Waals surface area (Å²) >= 11 is 12.7. The van der Waals surface area contributed by atoms with Crippen LogP contribution in [0.3, 0.4) is 0 Å². The van der Waals surface area contributed by atoms with Crippen molar-refractivity contribution in [3.63, 3.8) is 0 Å². The first kappa shape index (κ1) is 13.7. The minimum Gasteiger partial charge on any atom is -0.488 e. The van der Waals surface area contributed by atoms with Crippen LogP contribution in [0.5, 0.6) is 5.75 Å². The van der Waals surface area contributed by atoms with Gasteiger partial charge in [-0.1, -0.05) is 33.6 Å². The predicted molar refractivity (Wildman–Crippen MR) is 82.0 cm³/mol. The maximum atomic E-state index is 5.86. The van der Waals surface area contributed by atoms with Crippen LogP contribution in [-0.2, 0) is 6.61 Å². The van der Waals surface area contributed by atoms with Gasteiger partial charge in [0.25, 0.3) is 0 Å². The molecule has 0 bridgehead atoms. The lowest BCUT2D eigenvalue weighted by Crippen LogP contribution is -2.00. The lowest BCUT2D eigenvalue weighted by molar-refractivity contribution is 0.305. The minimum absolute atomic E-state index is 0.406. The van der Waals surface area contributed by atoms with Gasteiger partial charge in [-0.3, -0.25) is 0 Å². The Morgan fingerprint density at radius 2 is 1.89 bits per heavy atom. The molecule has 0 radical (unpaired) electrons. The van der Waals surface area contributed by atoms with Gasteiger partial charge in [0.2, 0.25) is 0 Å². The molecule has 0 heterocycles. The van der Waals surface area contributed by atoms with Gasteiger partial charge < -0.3 is 10.5 Å². The lowest BCUT2D eigenvalue weighted by atomic mass is 10.2. The van der Waals surface area contributed by atoms with Crippen LogP contribution in [0, 0.1) is 0 Å². The highest BCUT2D eigenvalue weighted by Gasteiger charge is 2.04. The minimum atomic E-state index is 0.406. The van der Waals surface area contributed by atoms with Crippen LogP contribution in [0.15, 0.2) is 45.3 Å². The molecule has 0 saturated heterocycles. The Morgan fingerprint density at radius 1 is 1.11 bits per heavy atom. The number of nitrogen functional groups attached to an aromatic ring is 1. The maximum absolute atomic E-state index is 5.86. The third-order valence-corrected chi connectivity index (χ3v) is 3.73. The Kier molecular flexibility index (Phi) is 4.54. The van der Waals surface area contributed by atoms with Crippen LogP contribution in [-0.4, -0.2) is 0 Å². The molecule has 0 atom stereocenters. The average molecular weight is 391 g/mol. The van der Waals surface area contributed by atoms with Gasteiger partial charge in [-0.05, 0) is 46.3 Å². The zero-order valence-electron chi connectivity index (χ0n) is 9.29. The Balaban J connectivity index is 2.11. The summed E-state index contributed by atoms with van der Waals surface area (Å²) in [6.45, 7) is 0.406. The molecule has 2 N–H and O–H groups in total. The van der Waals surface area contributed by atoms with Crippen molar-refractivity contribution >= 4 is 49.1 Å². The molecule has 0 fully saturated rings. The Bertz CT molecular complexity index is 523. The van der Waals surface area contributed by atoms with Crippen LogP contribution in [0.2, 0.25) is 5.02 Å². The van der Waals surface area contributed by atoms with E-state index < -0.39 is 0 Å². The summed E-state index contributed by atoms with van der Waals surface area (Å²) in [5.41, 5.74) is 7.41. The zero-order chi connectivity index (χ0) is 13.1. The normalized spacial score (nSPS) is 10.4. The summed E-state index contributed by atoms with van der Waals surface area (Å²) in [7, 11) is 0. The zero-order valence-corrected chi connectivity index (χ0v) is 13.2. The second-order valence-electron chi connectivity index (χ2n) is 3.71. The number of benzene rings is 2. The molecule has 94 valence electrons. The van der Waals surface area contributed by atoms with E-state index in [0.29, 0.717) is 17.3 Å². The smallest absolute Gasteiger partial charge is 0.134 e. The van der Waals surface area contributed by atoms with E-state index in [9.17, 15) is 0 Å². The third kappa shape index (κ3) is 3.40. The predicted octanol–water partition coefficient (Wildman–Crippen LogP) is 5.03. The fourth-order valence-corrected chi connectivity index (χ4v) is 2.79. The van der Waals surface area contributed by atoms with E-state index >= 15 is 0 Å². The number of halogens is 3. The number of hydrogen-bond acceptors (Lipinski definition) is 2. The molecule has 0 aliphatic carbocycles. The molecule has 0 amide bonds. The average Bonchev–Trinajstić information content (AvgIpc) is 2.30. The summed E-state index contributed by atoms with van der Waals surface area (Å²) in [5, 5.41) is 0.626. The number of hydrogen-bond donors (Lipinski definition) is 1. The number of ether oxygens (including phenoxy) is 1. The number of rotatable bonds is 3. The SMILES string of the molecule is Nc1cc(Cl)ccc1COc1ccc(Br)cc1Br. The van der Waals surface area contributed by atoms with Gasteiger partial charge in [0, 0.05) is 20.7 Å². The van der Waals surface area contributed by atoms with E-state index in [4.69, 9.17) is 22.1 Å². The van der Waals surface area contributed by atoms with Gasteiger partial charge in [-0.25, -0.2) is 0 Å². The molecular formula is C13H10Br2ClNO. The Labute approximate surface area is 127 Å². The molecule has 18 heavy (non-hydrogen) atoms. The van der Waals surface area contributed by atoms with Crippen LogP contribution in [0.25, 0.3) is 0 Å². The fraction of sp³-hybridized carbons (Fsp3) is 0.0769. The van der Waals surface area contributed by atoms with Gasteiger partial charge >= 0.3 is 0 Å². The van der Waals surface area contributed by atoms with E-state index in [-0.39, 0.29) is 0 Å². The molecule has 2 nitrogen and oxygen atoms in total. The van der Waals surface area contributed by atoms with Gasteiger partial charge in [-0.2, -0.15) is 0 Å². The van der Waals surface area contributed by atoms with E-state index in [2.05, 4.69) is 31.9 Å². The molecule has 0 spiro atoms. The summed E-state index contributed by atoms with van der Waals surface area (Å²) in [4.78, 5) is 0. The summed E-state index contributed by atoms with van der Waals surface area (Å²) < 4.78 is 7.59. The second-order valence-corrected chi connectivity index (χ2v) is 5.91. The van der Waals surface area contributed by atoms with Crippen molar-refractivity contribution in [2.24, 2.45) is 0 Å². The van der Waals surface area contributed by atoms with Crippen molar-refractivity contribution in [2.45, 2.75) is 6.61 Å². The summed E-state index contributed by atoms with van der Waals surface area (Å²) in [5.74, 6) is 0.771. The molecule has 2 aromatic carbocycles. The topological polar surface area (TPSA) is 35.2 Å². The van der Waals surface area contributed by atoms with Crippen molar-refractivity contribution in [3.05, 3.63) is 55.9 Å². The molecule has 0 unspecified atom stereocenters. The highest BCUT2D eigenvalue weighted by atomic mass is 79.9. The highest BCUT2D eigenvalue weighted by molar-refractivity contribution is 9.11. The van der Waals surface area contributed by atoms with E-state index in [1.165, 1.54) is 0 Å². The van der Waals surface area contributed by atoms with E-state index in [0.717, 1.165) is 20.3 Å². The van der Waals surface area contributed by atoms with Gasteiger partial charge in [0.15, 0.2) is 0 Å². The lowest BCUT2D eigenvalue weighted by Gasteiger charge is -2.10. The van der Waals surface area contributed by atoms with Crippen molar-refractivity contribution in [1.29, 1.82) is 0 Å². The molecule has 0 saturated carbocycles. The number of anilines is 1. The van der Waals surface area contributed by atoms with E-state index in [1.54, 1.807) is 12.1 Å². The van der Waals surface area contributed by atoms with Gasteiger partial charge in [0.1, 0.15) is 12.4 Å². The third-order valence-electron chi connectivity index (χ3n) is 2.39. The van der Waals surface area contributed by atoms with Crippen molar-refractivity contribution in [3.8, 4) is 5.75 Å². The first-order chi connectivity index (χ1) is 8.56. The largest absolute Gasteiger partial charge is 0.488 e. The molecule has 2 aromatic rings. The standard InChI is InChI=1S/C13H10Br2ClNO/c14-9-2-4-13(11(15)5-9)18-7-8-1-3-10(16)6-12(8)17/h1-6H,7,17H2. The van der Waals surface area contributed by atoms with Crippen LogP contribution >= 0.6 is 43.5 Å². The highest BCUT2D eigenvalue weighted by Crippen LogP contribution is 2.29. The molecular weight excluding hydrogens is 381 g/mol.